The zero-order chi connectivity index (χ0) is 27.2. The number of halogens is 1. The molecule has 0 spiro atoms. The number of guanidine groups is 1. The molecule has 1 saturated carbocycles. The topological polar surface area (TPSA) is 111 Å². The van der Waals surface area contributed by atoms with Crippen molar-refractivity contribution < 1.29 is 14.3 Å². The van der Waals surface area contributed by atoms with Crippen molar-refractivity contribution in [3.8, 4) is 6.19 Å². The van der Waals surface area contributed by atoms with Crippen molar-refractivity contribution >= 4 is 23.7 Å². The number of amides is 1. The quantitative estimate of drug-likeness (QED) is 0.163. The molecule has 0 aromatic heterocycles. The molecule has 1 saturated heterocycles. The second-order valence-corrected chi connectivity index (χ2v) is 10.7. The Balaban J connectivity index is 1.78. The van der Waals surface area contributed by atoms with Gasteiger partial charge < -0.3 is 30.3 Å². The van der Waals surface area contributed by atoms with E-state index in [4.69, 9.17) is 16.3 Å². The molecular formula is C28H43ClN6O3. The third-order valence-electron chi connectivity index (χ3n) is 7.53. The second-order valence-electron chi connectivity index (χ2n) is 10.3. The lowest BCUT2D eigenvalue weighted by Crippen LogP contribution is -2.53. The van der Waals surface area contributed by atoms with Crippen LogP contribution in [0.25, 0.3) is 0 Å². The zero-order valence-corrected chi connectivity index (χ0v) is 23.5. The first-order valence-corrected chi connectivity index (χ1v) is 14.2. The molecule has 38 heavy (non-hydrogen) atoms. The number of nitrogens with one attached hydrogen (secondary N) is 3. The number of rotatable bonds is 11. The zero-order valence-electron chi connectivity index (χ0n) is 22.8. The van der Waals surface area contributed by atoms with Crippen molar-refractivity contribution in [1.82, 2.24) is 20.9 Å². The van der Waals surface area contributed by atoms with Crippen LogP contribution in [0.4, 0.5) is 4.79 Å². The van der Waals surface area contributed by atoms with Crippen molar-refractivity contribution in [2.24, 2.45) is 16.8 Å². The first-order valence-electron chi connectivity index (χ1n) is 13.8. The van der Waals surface area contributed by atoms with Gasteiger partial charge in [0, 0.05) is 36.6 Å². The van der Waals surface area contributed by atoms with E-state index >= 15 is 0 Å². The number of ether oxygens (including phenoxy) is 2. The number of nitriles is 1. The van der Waals surface area contributed by atoms with Gasteiger partial charge in [-0.1, -0.05) is 55.8 Å². The number of hydrogen-bond donors (Lipinski definition) is 3. The summed E-state index contributed by atoms with van der Waals surface area (Å²) in [6, 6.07) is 8.03. The molecule has 210 valence electrons. The molecule has 3 rings (SSSR count). The number of carbonyl (C=O) groups is 1. The van der Waals surface area contributed by atoms with Crippen molar-refractivity contribution in [3.05, 3.63) is 34.9 Å². The number of likely N-dealkylation sites (tertiary alicyclic amines) is 1. The van der Waals surface area contributed by atoms with Crippen LogP contribution >= 0.6 is 11.6 Å². The first kappa shape index (κ1) is 30.0. The van der Waals surface area contributed by atoms with Gasteiger partial charge in [0.25, 0.3) is 0 Å². The maximum Gasteiger partial charge on any atom is 0.406 e. The maximum atomic E-state index is 11.3. The molecule has 1 aromatic rings. The molecule has 3 atom stereocenters. The van der Waals surface area contributed by atoms with E-state index in [-0.39, 0.29) is 18.0 Å². The van der Waals surface area contributed by atoms with Crippen LogP contribution in [0.1, 0.15) is 63.0 Å². The number of piperidine rings is 1. The predicted octanol–water partition coefficient (Wildman–Crippen LogP) is 4.45. The van der Waals surface area contributed by atoms with E-state index in [9.17, 15) is 10.1 Å². The molecule has 1 heterocycles. The summed E-state index contributed by atoms with van der Waals surface area (Å²) in [7, 11) is 3.31. The van der Waals surface area contributed by atoms with Gasteiger partial charge in [-0.15, -0.1) is 4.99 Å². The summed E-state index contributed by atoms with van der Waals surface area (Å²) in [6.45, 7) is 2.85. The largest absolute Gasteiger partial charge is 0.453 e. The lowest BCUT2D eigenvalue weighted by Gasteiger charge is -2.44. The van der Waals surface area contributed by atoms with Crippen molar-refractivity contribution in [2.75, 3.05) is 47.0 Å². The van der Waals surface area contributed by atoms with E-state index in [1.165, 1.54) is 39.2 Å². The molecule has 2 aliphatic rings. The molecule has 1 amide bonds. The highest BCUT2D eigenvalue weighted by atomic mass is 35.5. The molecule has 2 fully saturated rings. The summed E-state index contributed by atoms with van der Waals surface area (Å²) >= 11 is 6.41. The summed E-state index contributed by atoms with van der Waals surface area (Å²) in [5, 5.41) is 20.0. The van der Waals surface area contributed by atoms with Crippen LogP contribution in [0.3, 0.4) is 0 Å². The Morgan fingerprint density at radius 3 is 2.79 bits per heavy atom. The maximum absolute atomic E-state index is 11.3. The lowest BCUT2D eigenvalue weighted by molar-refractivity contribution is 0.0448. The number of benzene rings is 1. The normalized spacial score (nSPS) is 21.4. The lowest BCUT2D eigenvalue weighted by atomic mass is 9.84. The highest BCUT2D eigenvalue weighted by Gasteiger charge is 2.36. The highest BCUT2D eigenvalue weighted by molar-refractivity contribution is 6.30. The Hall–Kier alpha value is -2.54. The molecule has 1 aliphatic carbocycles. The summed E-state index contributed by atoms with van der Waals surface area (Å²) in [6.07, 6.45) is 11.0. The predicted molar refractivity (Wildman–Crippen MR) is 150 cm³/mol. The van der Waals surface area contributed by atoms with Gasteiger partial charge in [0.2, 0.25) is 12.2 Å². The standard InChI is InChI=1S/C28H43ClN6O3/c1-31-18-25(16-21-8-4-3-5-9-21)34-27(33-20-30)35-14-7-11-23(19-38-15-13-32-28(36)37-2)26(35)22-10-6-12-24(29)17-22/h6,10,12,17,21,23,25-26,31H,3-5,7-9,11,13-16,18-19H2,1-2H3,(H,32,36)(H,33,34)/t23-,25-,26-/m0/s1. The van der Waals surface area contributed by atoms with E-state index in [1.54, 1.807) is 0 Å². The van der Waals surface area contributed by atoms with E-state index in [0.29, 0.717) is 36.7 Å². The second kappa shape index (κ2) is 16.4. The number of aliphatic imine (C=N–C) groups is 1. The fourth-order valence-corrected chi connectivity index (χ4v) is 6.04. The monoisotopic (exact) mass is 546 g/mol. The van der Waals surface area contributed by atoms with Crippen LogP contribution in [0.2, 0.25) is 5.02 Å². The molecule has 1 aliphatic heterocycles. The molecule has 0 bridgehead atoms. The summed E-state index contributed by atoms with van der Waals surface area (Å²) in [4.78, 5) is 17.9. The highest BCUT2D eigenvalue weighted by Crippen LogP contribution is 2.37. The minimum Gasteiger partial charge on any atom is -0.453 e. The Morgan fingerprint density at radius 1 is 1.26 bits per heavy atom. The fraction of sp³-hybridized carbons (Fsp3) is 0.679. The van der Waals surface area contributed by atoms with E-state index < -0.39 is 6.09 Å². The number of carbonyl (C=O) groups excluding carboxylic acids is 1. The number of nitrogens with zero attached hydrogens (tertiary/aromatic N) is 3. The van der Waals surface area contributed by atoms with E-state index in [1.807, 2.05) is 31.4 Å². The molecule has 0 radical (unpaired) electrons. The number of hydrogen-bond acceptors (Lipinski definition) is 6. The van der Waals surface area contributed by atoms with Gasteiger partial charge in [-0.3, -0.25) is 0 Å². The average Bonchev–Trinajstić information content (AvgIpc) is 2.93. The van der Waals surface area contributed by atoms with Gasteiger partial charge in [-0.25, -0.2) is 4.79 Å². The van der Waals surface area contributed by atoms with Gasteiger partial charge in [-0.2, -0.15) is 5.26 Å². The van der Waals surface area contributed by atoms with E-state index in [2.05, 4.69) is 36.6 Å². The van der Waals surface area contributed by atoms with Crippen LogP contribution in [0.15, 0.2) is 29.3 Å². The van der Waals surface area contributed by atoms with Crippen LogP contribution in [0.5, 0.6) is 0 Å². The third-order valence-corrected chi connectivity index (χ3v) is 7.77. The van der Waals surface area contributed by atoms with Crippen molar-refractivity contribution in [3.63, 3.8) is 0 Å². The Labute approximate surface area is 232 Å². The minimum absolute atomic E-state index is 0.0551. The summed E-state index contributed by atoms with van der Waals surface area (Å²) in [5.41, 5.74) is 1.07. The summed E-state index contributed by atoms with van der Waals surface area (Å²) < 4.78 is 10.6. The van der Waals surface area contributed by atoms with Crippen LogP contribution < -0.4 is 16.0 Å². The molecule has 10 heteroatoms. The minimum atomic E-state index is -0.470. The van der Waals surface area contributed by atoms with Gasteiger partial charge in [0.15, 0.2) is 0 Å². The molecule has 3 N–H and O–H groups in total. The van der Waals surface area contributed by atoms with Gasteiger partial charge in [0.05, 0.1) is 26.4 Å². The van der Waals surface area contributed by atoms with Crippen molar-refractivity contribution in [1.29, 1.82) is 5.26 Å². The fourth-order valence-electron chi connectivity index (χ4n) is 5.84. The molecular weight excluding hydrogens is 504 g/mol. The van der Waals surface area contributed by atoms with Crippen LogP contribution in [-0.4, -0.2) is 70.0 Å². The Bertz CT molecular complexity index is 933. The van der Waals surface area contributed by atoms with Gasteiger partial charge in [-0.05, 0) is 49.9 Å². The van der Waals surface area contributed by atoms with Crippen molar-refractivity contribution in [2.45, 2.75) is 63.5 Å². The molecule has 9 nitrogen and oxygen atoms in total. The Kier molecular flexibility index (Phi) is 13.0. The number of likely N-dealkylation sites (N-methyl/N-ethyl adjacent to an activating group) is 1. The van der Waals surface area contributed by atoms with Crippen LogP contribution in [0, 0.1) is 23.3 Å². The SMILES string of the molecule is CNC[C@H](CC1CCCCC1)NC(=NC#N)N1CCC[C@@H](COCCNC(=O)OC)[C@@H]1c1cccc(Cl)c1. The first-order chi connectivity index (χ1) is 18.5. The molecule has 0 unspecified atom stereocenters. The Morgan fingerprint density at radius 2 is 2.08 bits per heavy atom. The van der Waals surface area contributed by atoms with Gasteiger partial charge in [0.1, 0.15) is 0 Å². The smallest absolute Gasteiger partial charge is 0.406 e. The summed E-state index contributed by atoms with van der Waals surface area (Å²) in [5.74, 6) is 1.47. The molecule has 1 aromatic carbocycles. The number of alkyl carbamates (subject to hydrolysis) is 1. The third kappa shape index (κ3) is 9.33. The van der Waals surface area contributed by atoms with Crippen LogP contribution in [-0.2, 0) is 9.47 Å². The van der Waals surface area contributed by atoms with Gasteiger partial charge >= 0.3 is 6.09 Å². The average molecular weight is 547 g/mol. The van der Waals surface area contributed by atoms with E-state index in [0.717, 1.165) is 37.9 Å². The number of methoxy groups -OCH3 is 1.